The van der Waals surface area contributed by atoms with Gasteiger partial charge in [0.05, 0.1) is 12.1 Å². The van der Waals surface area contributed by atoms with E-state index in [2.05, 4.69) is 11.1 Å². The average Bonchev–Trinajstić information content (AvgIpc) is 2.38. The van der Waals surface area contributed by atoms with Crippen molar-refractivity contribution in [1.29, 1.82) is 0 Å². The van der Waals surface area contributed by atoms with Crippen molar-refractivity contribution in [2.24, 2.45) is 5.73 Å². The Labute approximate surface area is 120 Å². The quantitative estimate of drug-likeness (QED) is 0.924. The Morgan fingerprint density at radius 2 is 1.65 bits per heavy atom. The Hall–Kier alpha value is -1.87. The lowest BCUT2D eigenvalue weighted by Crippen LogP contribution is -2.14. The van der Waals surface area contributed by atoms with Crippen LogP contribution in [-0.4, -0.2) is 11.1 Å². The summed E-state index contributed by atoms with van der Waals surface area (Å²) in [6, 6.07) is 11.9. The van der Waals surface area contributed by atoms with Gasteiger partial charge >= 0.3 is 0 Å². The van der Waals surface area contributed by atoms with Crippen LogP contribution in [0, 0.1) is 13.8 Å². The maximum Gasteiger partial charge on any atom is 0.119 e. The van der Waals surface area contributed by atoms with Crippen LogP contribution in [0.5, 0.6) is 5.75 Å². The third kappa shape index (κ3) is 3.36. The van der Waals surface area contributed by atoms with Gasteiger partial charge in [0.25, 0.3) is 0 Å². The molecule has 2 aromatic rings. The predicted molar refractivity (Wildman–Crippen MR) is 81.9 cm³/mol. The van der Waals surface area contributed by atoms with Crippen molar-refractivity contribution >= 4 is 0 Å². The molecule has 0 aliphatic heterocycles. The molecule has 0 aliphatic carbocycles. The van der Waals surface area contributed by atoms with Gasteiger partial charge in [-0.3, -0.25) is 4.98 Å². The summed E-state index contributed by atoms with van der Waals surface area (Å²) in [6.45, 7) is 8.01. The molecular weight excluding hydrogens is 248 g/mol. The molecule has 0 saturated heterocycles. The van der Waals surface area contributed by atoms with Crippen molar-refractivity contribution in [3.05, 3.63) is 58.9 Å². The molecule has 0 saturated carbocycles. The zero-order valence-electron chi connectivity index (χ0n) is 12.6. The van der Waals surface area contributed by atoms with E-state index in [-0.39, 0.29) is 12.1 Å². The molecular formula is C17H22N2O. The molecule has 20 heavy (non-hydrogen) atoms. The van der Waals surface area contributed by atoms with Crippen LogP contribution in [0.4, 0.5) is 0 Å². The van der Waals surface area contributed by atoms with Crippen LogP contribution in [-0.2, 0) is 0 Å². The summed E-state index contributed by atoms with van der Waals surface area (Å²) < 4.78 is 5.64. The van der Waals surface area contributed by atoms with Crippen molar-refractivity contribution in [2.75, 3.05) is 0 Å². The predicted octanol–water partition coefficient (Wildman–Crippen LogP) is 3.53. The molecule has 1 heterocycles. The highest BCUT2D eigenvalue weighted by molar-refractivity contribution is 5.37. The molecule has 3 nitrogen and oxygen atoms in total. The number of nitrogens with two attached hydrogens (primary N) is 1. The first-order chi connectivity index (χ1) is 9.47. The second kappa shape index (κ2) is 6.06. The van der Waals surface area contributed by atoms with Crippen LogP contribution in [0.2, 0.25) is 0 Å². The lowest BCUT2D eigenvalue weighted by Gasteiger charge is -2.16. The van der Waals surface area contributed by atoms with E-state index in [1.807, 2.05) is 58.0 Å². The van der Waals surface area contributed by atoms with Crippen LogP contribution < -0.4 is 10.5 Å². The number of hydrogen-bond acceptors (Lipinski definition) is 3. The monoisotopic (exact) mass is 270 g/mol. The Morgan fingerprint density at radius 1 is 1.00 bits per heavy atom. The largest absolute Gasteiger partial charge is 0.491 e. The van der Waals surface area contributed by atoms with Gasteiger partial charge in [-0.25, -0.2) is 0 Å². The number of pyridine rings is 1. The zero-order valence-corrected chi connectivity index (χ0v) is 12.6. The van der Waals surface area contributed by atoms with E-state index < -0.39 is 0 Å². The second-order valence-electron chi connectivity index (χ2n) is 5.34. The van der Waals surface area contributed by atoms with Crippen LogP contribution >= 0.6 is 0 Å². The van der Waals surface area contributed by atoms with Gasteiger partial charge in [0.15, 0.2) is 0 Å². The molecule has 0 amide bonds. The molecule has 106 valence electrons. The lowest BCUT2D eigenvalue weighted by molar-refractivity contribution is 0.242. The summed E-state index contributed by atoms with van der Waals surface area (Å²) in [4.78, 5) is 4.47. The van der Waals surface area contributed by atoms with Crippen molar-refractivity contribution < 1.29 is 4.74 Å². The minimum atomic E-state index is -0.156. The first kappa shape index (κ1) is 14.5. The van der Waals surface area contributed by atoms with E-state index in [0.717, 1.165) is 28.3 Å². The molecule has 0 bridgehead atoms. The standard InChI is InChI=1S/C17H22N2O/c1-11(2)20-15-8-6-14(7-9-15)17(18)16-10-5-12(3)19-13(16)4/h5-11,17H,18H2,1-4H3. The smallest absolute Gasteiger partial charge is 0.119 e. The number of nitrogens with zero attached hydrogens (tertiary/aromatic N) is 1. The maximum absolute atomic E-state index is 6.34. The van der Waals surface area contributed by atoms with Gasteiger partial charge in [-0.05, 0) is 57.0 Å². The Kier molecular flexibility index (Phi) is 4.40. The molecule has 3 heteroatoms. The third-order valence-corrected chi connectivity index (χ3v) is 3.21. The zero-order chi connectivity index (χ0) is 14.7. The van der Waals surface area contributed by atoms with Crippen molar-refractivity contribution in [3.8, 4) is 5.75 Å². The van der Waals surface area contributed by atoms with Gasteiger partial charge in [-0.1, -0.05) is 18.2 Å². The molecule has 0 fully saturated rings. The minimum Gasteiger partial charge on any atom is -0.491 e. The molecule has 1 aromatic heterocycles. The first-order valence-corrected chi connectivity index (χ1v) is 6.93. The topological polar surface area (TPSA) is 48.1 Å². The Balaban J connectivity index is 2.22. The van der Waals surface area contributed by atoms with Gasteiger partial charge in [0.2, 0.25) is 0 Å². The average molecular weight is 270 g/mol. The normalized spacial score (nSPS) is 12.5. The van der Waals surface area contributed by atoms with E-state index in [4.69, 9.17) is 10.5 Å². The highest BCUT2D eigenvalue weighted by atomic mass is 16.5. The van der Waals surface area contributed by atoms with Crippen LogP contribution in [0.25, 0.3) is 0 Å². The number of rotatable bonds is 4. The highest BCUT2D eigenvalue weighted by Crippen LogP contribution is 2.24. The van der Waals surface area contributed by atoms with Crippen LogP contribution in [0.3, 0.4) is 0 Å². The van der Waals surface area contributed by atoms with E-state index in [1.165, 1.54) is 0 Å². The maximum atomic E-state index is 6.34. The third-order valence-electron chi connectivity index (χ3n) is 3.21. The molecule has 0 spiro atoms. The molecule has 1 atom stereocenters. The summed E-state index contributed by atoms with van der Waals surface area (Å²) in [5, 5.41) is 0. The van der Waals surface area contributed by atoms with E-state index in [9.17, 15) is 0 Å². The molecule has 1 aromatic carbocycles. The summed E-state index contributed by atoms with van der Waals surface area (Å²) in [6.07, 6.45) is 0.179. The van der Waals surface area contributed by atoms with E-state index in [1.54, 1.807) is 0 Å². The molecule has 2 rings (SSSR count). The van der Waals surface area contributed by atoms with Gasteiger partial charge in [-0.15, -0.1) is 0 Å². The fraction of sp³-hybridized carbons (Fsp3) is 0.353. The summed E-state index contributed by atoms with van der Waals surface area (Å²) in [5.74, 6) is 0.870. The number of aromatic nitrogens is 1. The van der Waals surface area contributed by atoms with Crippen LogP contribution in [0.1, 0.15) is 42.4 Å². The molecule has 0 aliphatic rings. The van der Waals surface area contributed by atoms with Gasteiger partial charge < -0.3 is 10.5 Å². The number of hydrogen-bond donors (Lipinski definition) is 1. The summed E-state index contributed by atoms with van der Waals surface area (Å²) in [7, 11) is 0. The Bertz CT molecular complexity index is 576. The Morgan fingerprint density at radius 3 is 2.20 bits per heavy atom. The number of aryl methyl sites for hydroxylation is 2. The van der Waals surface area contributed by atoms with Crippen LogP contribution in [0.15, 0.2) is 36.4 Å². The highest BCUT2D eigenvalue weighted by Gasteiger charge is 2.12. The first-order valence-electron chi connectivity index (χ1n) is 6.93. The minimum absolute atomic E-state index is 0.156. The second-order valence-corrected chi connectivity index (χ2v) is 5.34. The lowest BCUT2D eigenvalue weighted by atomic mass is 9.98. The van der Waals surface area contributed by atoms with Crippen molar-refractivity contribution in [2.45, 2.75) is 39.8 Å². The summed E-state index contributed by atoms with van der Waals surface area (Å²) >= 11 is 0. The summed E-state index contributed by atoms with van der Waals surface area (Å²) in [5.41, 5.74) is 10.5. The molecule has 0 radical (unpaired) electrons. The van der Waals surface area contributed by atoms with Gasteiger partial charge in [-0.2, -0.15) is 0 Å². The van der Waals surface area contributed by atoms with Gasteiger partial charge in [0.1, 0.15) is 5.75 Å². The fourth-order valence-electron chi connectivity index (χ4n) is 2.23. The fourth-order valence-corrected chi connectivity index (χ4v) is 2.23. The number of benzene rings is 1. The van der Waals surface area contributed by atoms with Crippen molar-refractivity contribution in [1.82, 2.24) is 4.98 Å². The molecule has 2 N–H and O–H groups in total. The van der Waals surface area contributed by atoms with E-state index >= 15 is 0 Å². The van der Waals surface area contributed by atoms with Gasteiger partial charge in [0, 0.05) is 11.4 Å². The molecule has 1 unspecified atom stereocenters. The van der Waals surface area contributed by atoms with E-state index in [0.29, 0.717) is 0 Å². The van der Waals surface area contributed by atoms with Crippen molar-refractivity contribution in [3.63, 3.8) is 0 Å². The number of ether oxygens (including phenoxy) is 1. The SMILES string of the molecule is Cc1ccc(C(N)c2ccc(OC(C)C)cc2)c(C)n1.